The molecule has 0 saturated carbocycles. The van der Waals surface area contributed by atoms with Gasteiger partial charge in [0.25, 0.3) is 0 Å². The predicted octanol–water partition coefficient (Wildman–Crippen LogP) is 12.3. The quantitative estimate of drug-likeness (QED) is 0.0559. The fourth-order valence-electron chi connectivity index (χ4n) is 6.35. The van der Waals surface area contributed by atoms with Crippen LogP contribution in [0.3, 0.4) is 0 Å². The number of unbranched alkanes of at least 4 members (excludes halogenated alkanes) is 31. The summed E-state index contributed by atoms with van der Waals surface area (Å²) in [6.07, 6.45) is 45.6. The zero-order valence-electron chi connectivity index (χ0n) is 29.3. The molecular weight excluding hydrogens is 534 g/mol. The van der Waals surface area contributed by atoms with Crippen molar-refractivity contribution in [3.05, 3.63) is 0 Å². The summed E-state index contributed by atoms with van der Waals surface area (Å²) < 4.78 is 16.5. The third-order valence-electron chi connectivity index (χ3n) is 9.37. The van der Waals surface area contributed by atoms with Gasteiger partial charge in [-0.05, 0) is 19.4 Å². The average molecular weight is 614 g/mol. The maximum absolute atomic E-state index is 5.55. The van der Waals surface area contributed by atoms with Gasteiger partial charge in [0, 0.05) is 27.4 Å². The van der Waals surface area contributed by atoms with Gasteiger partial charge in [0.2, 0.25) is 0 Å². The molecule has 2 N–H and O–H groups in total. The Balaban J connectivity index is 3.12. The van der Waals surface area contributed by atoms with E-state index < -0.39 is 8.80 Å². The van der Waals surface area contributed by atoms with E-state index in [0.717, 1.165) is 19.0 Å². The van der Waals surface area contributed by atoms with Crippen LogP contribution in [0.25, 0.3) is 0 Å². The summed E-state index contributed by atoms with van der Waals surface area (Å²) in [5, 5.41) is 0. The average Bonchev–Trinajstić information content (AvgIpc) is 3.01. The van der Waals surface area contributed by atoms with E-state index >= 15 is 0 Å². The SMILES string of the molecule is CO[Si](CCCCCCCCCCCCCCCCCCCCCCCCCCCCCCCCCCN)(OC)OC. The lowest BCUT2D eigenvalue weighted by atomic mass is 10.0. The van der Waals surface area contributed by atoms with Crippen molar-refractivity contribution in [1.82, 2.24) is 0 Å². The van der Waals surface area contributed by atoms with Crippen LogP contribution < -0.4 is 5.73 Å². The first-order valence-electron chi connectivity index (χ1n) is 19.1. The Kier molecular flexibility index (Phi) is 35.6. The summed E-state index contributed by atoms with van der Waals surface area (Å²) in [5.74, 6) is 0. The van der Waals surface area contributed by atoms with Crippen LogP contribution in [-0.2, 0) is 13.3 Å². The molecule has 0 spiro atoms. The summed E-state index contributed by atoms with van der Waals surface area (Å²) in [6, 6.07) is 0.939. The van der Waals surface area contributed by atoms with Gasteiger partial charge in [-0.2, -0.15) is 0 Å². The molecule has 0 amide bonds. The second-order valence-corrected chi connectivity index (χ2v) is 16.2. The van der Waals surface area contributed by atoms with Gasteiger partial charge < -0.3 is 19.0 Å². The molecule has 0 saturated heterocycles. The Morgan fingerprint density at radius 2 is 0.452 bits per heavy atom. The van der Waals surface area contributed by atoms with E-state index in [0.29, 0.717) is 0 Å². The standard InChI is InChI=1S/C37H79NO3Si/c1-39-42(40-2,41-3)37-35-33-31-29-27-25-23-21-19-17-15-13-11-9-7-5-4-6-8-10-12-14-16-18-20-22-24-26-28-30-32-34-36-38/h4-38H2,1-3H3. The van der Waals surface area contributed by atoms with Gasteiger partial charge in [0.1, 0.15) is 0 Å². The maximum atomic E-state index is 5.55. The third-order valence-corrected chi connectivity index (χ3v) is 12.2. The minimum absolute atomic E-state index is 0.870. The van der Waals surface area contributed by atoms with Gasteiger partial charge in [-0.1, -0.05) is 193 Å². The molecular formula is C37H79NO3Si. The minimum Gasteiger partial charge on any atom is -0.377 e. The summed E-state index contributed by atoms with van der Waals surface area (Å²) in [6.45, 7) is 0.870. The Morgan fingerprint density at radius 1 is 0.286 bits per heavy atom. The second-order valence-electron chi connectivity index (χ2n) is 13.1. The summed E-state index contributed by atoms with van der Waals surface area (Å²) in [5.41, 5.74) is 5.55. The zero-order valence-corrected chi connectivity index (χ0v) is 30.3. The molecule has 0 aromatic carbocycles. The largest absolute Gasteiger partial charge is 0.500 e. The van der Waals surface area contributed by atoms with Crippen molar-refractivity contribution >= 4 is 8.80 Å². The number of rotatable bonds is 37. The highest BCUT2D eigenvalue weighted by atomic mass is 28.4. The zero-order chi connectivity index (χ0) is 30.7. The van der Waals surface area contributed by atoms with Gasteiger partial charge in [-0.3, -0.25) is 0 Å². The van der Waals surface area contributed by atoms with Crippen molar-refractivity contribution in [2.45, 2.75) is 212 Å². The van der Waals surface area contributed by atoms with Crippen molar-refractivity contribution in [1.29, 1.82) is 0 Å². The van der Waals surface area contributed by atoms with E-state index in [4.69, 9.17) is 19.0 Å². The van der Waals surface area contributed by atoms with E-state index in [1.54, 1.807) is 21.3 Å². The molecule has 0 aromatic heterocycles. The highest BCUT2D eigenvalue weighted by molar-refractivity contribution is 6.60. The molecule has 0 aliphatic rings. The van der Waals surface area contributed by atoms with Crippen LogP contribution in [0.5, 0.6) is 0 Å². The first-order chi connectivity index (χ1) is 20.7. The molecule has 0 unspecified atom stereocenters. The Morgan fingerprint density at radius 3 is 0.619 bits per heavy atom. The first kappa shape index (κ1) is 42.1. The lowest BCUT2D eigenvalue weighted by molar-refractivity contribution is 0.122. The molecule has 254 valence electrons. The Hall–Kier alpha value is 0.0569. The summed E-state index contributed by atoms with van der Waals surface area (Å²) in [4.78, 5) is 0. The van der Waals surface area contributed by atoms with E-state index in [1.165, 1.54) is 199 Å². The molecule has 0 aliphatic heterocycles. The Labute approximate surface area is 266 Å². The van der Waals surface area contributed by atoms with E-state index in [9.17, 15) is 0 Å². The number of nitrogens with two attached hydrogens (primary N) is 1. The highest BCUT2D eigenvalue weighted by Gasteiger charge is 2.36. The minimum atomic E-state index is -2.34. The van der Waals surface area contributed by atoms with Crippen LogP contribution >= 0.6 is 0 Å². The fourth-order valence-corrected chi connectivity index (χ4v) is 8.14. The molecule has 0 atom stereocenters. The molecule has 0 rings (SSSR count). The van der Waals surface area contributed by atoms with Gasteiger partial charge in [-0.15, -0.1) is 0 Å². The molecule has 0 bridgehead atoms. The monoisotopic (exact) mass is 614 g/mol. The molecule has 42 heavy (non-hydrogen) atoms. The first-order valence-corrected chi connectivity index (χ1v) is 21.0. The molecule has 0 aromatic rings. The van der Waals surface area contributed by atoms with Crippen molar-refractivity contribution in [2.24, 2.45) is 5.73 Å². The van der Waals surface area contributed by atoms with E-state index in [-0.39, 0.29) is 0 Å². The van der Waals surface area contributed by atoms with E-state index in [1.807, 2.05) is 0 Å². The highest BCUT2D eigenvalue weighted by Crippen LogP contribution is 2.19. The second kappa shape index (κ2) is 35.5. The van der Waals surface area contributed by atoms with Crippen LogP contribution in [0.2, 0.25) is 6.04 Å². The van der Waals surface area contributed by atoms with Gasteiger partial charge in [0.15, 0.2) is 0 Å². The van der Waals surface area contributed by atoms with Crippen LogP contribution in [0.15, 0.2) is 0 Å². The number of hydrogen-bond acceptors (Lipinski definition) is 4. The third kappa shape index (κ3) is 30.1. The molecule has 5 heteroatoms. The van der Waals surface area contributed by atoms with Crippen molar-refractivity contribution in [3.63, 3.8) is 0 Å². The molecule has 0 aliphatic carbocycles. The lowest BCUT2D eigenvalue weighted by Gasteiger charge is -2.24. The van der Waals surface area contributed by atoms with Crippen LogP contribution in [0.4, 0.5) is 0 Å². The summed E-state index contributed by atoms with van der Waals surface area (Å²) in [7, 11) is 2.78. The molecule has 0 radical (unpaired) electrons. The normalized spacial score (nSPS) is 12.0. The maximum Gasteiger partial charge on any atom is 0.500 e. The van der Waals surface area contributed by atoms with Crippen LogP contribution in [-0.4, -0.2) is 36.7 Å². The smallest absolute Gasteiger partial charge is 0.377 e. The molecule has 4 nitrogen and oxygen atoms in total. The topological polar surface area (TPSA) is 53.7 Å². The molecule has 0 fully saturated rings. The van der Waals surface area contributed by atoms with Crippen molar-refractivity contribution in [3.8, 4) is 0 Å². The lowest BCUT2D eigenvalue weighted by Crippen LogP contribution is -2.42. The van der Waals surface area contributed by atoms with Crippen LogP contribution in [0.1, 0.15) is 205 Å². The molecule has 0 heterocycles. The number of hydrogen-bond donors (Lipinski definition) is 1. The van der Waals surface area contributed by atoms with Crippen molar-refractivity contribution < 1.29 is 13.3 Å². The fraction of sp³-hybridized carbons (Fsp3) is 1.00. The van der Waals surface area contributed by atoms with Crippen LogP contribution in [0, 0.1) is 0 Å². The summed E-state index contributed by atoms with van der Waals surface area (Å²) >= 11 is 0. The predicted molar refractivity (Wildman–Crippen MR) is 188 cm³/mol. The van der Waals surface area contributed by atoms with Gasteiger partial charge >= 0.3 is 8.80 Å². The van der Waals surface area contributed by atoms with Gasteiger partial charge in [-0.25, -0.2) is 0 Å². The Bertz CT molecular complexity index is 481. The van der Waals surface area contributed by atoms with Crippen molar-refractivity contribution in [2.75, 3.05) is 27.9 Å². The van der Waals surface area contributed by atoms with E-state index in [2.05, 4.69) is 0 Å². The van der Waals surface area contributed by atoms with Gasteiger partial charge in [0.05, 0.1) is 0 Å².